The van der Waals surface area contributed by atoms with Gasteiger partial charge in [-0.3, -0.25) is 4.79 Å². The lowest BCUT2D eigenvalue weighted by molar-refractivity contribution is -0.157. The van der Waals surface area contributed by atoms with Crippen molar-refractivity contribution in [1.29, 1.82) is 0 Å². The van der Waals surface area contributed by atoms with Gasteiger partial charge in [-0.25, -0.2) is 0 Å². The normalized spacial score (nSPS) is 39.7. The van der Waals surface area contributed by atoms with Crippen LogP contribution < -0.4 is 0 Å². The Morgan fingerprint density at radius 1 is 1.40 bits per heavy atom. The van der Waals surface area contributed by atoms with Crippen LogP contribution in [0.15, 0.2) is 11.6 Å². The van der Waals surface area contributed by atoms with Crippen molar-refractivity contribution < 1.29 is 9.53 Å². The Balaban J connectivity index is 2.44. The molecule has 2 rings (SSSR count). The maximum atomic E-state index is 12.3. The molecule has 4 unspecified atom stereocenters. The summed E-state index contributed by atoms with van der Waals surface area (Å²) in [6.45, 7) is 11.5. The highest BCUT2D eigenvalue weighted by molar-refractivity contribution is 5.77. The number of ether oxygens (including phenoxy) is 1. The summed E-state index contributed by atoms with van der Waals surface area (Å²) in [5.41, 5.74) is 1.56. The van der Waals surface area contributed by atoms with Gasteiger partial charge in [0.2, 0.25) is 0 Å². The average molecular weight is 278 g/mol. The summed E-state index contributed by atoms with van der Waals surface area (Å²) in [4.78, 5) is 12.3. The van der Waals surface area contributed by atoms with Crippen LogP contribution in [0.5, 0.6) is 0 Å². The summed E-state index contributed by atoms with van der Waals surface area (Å²) >= 11 is 0. The maximum absolute atomic E-state index is 12.3. The first-order chi connectivity index (χ1) is 9.29. The molecule has 1 saturated carbocycles. The molecule has 20 heavy (non-hydrogen) atoms. The van der Waals surface area contributed by atoms with Gasteiger partial charge >= 0.3 is 5.97 Å². The van der Waals surface area contributed by atoms with Gasteiger partial charge in [0.1, 0.15) is 0 Å². The third kappa shape index (κ3) is 2.12. The van der Waals surface area contributed by atoms with E-state index in [2.05, 4.69) is 40.7 Å². The Hall–Kier alpha value is -0.790. The molecule has 0 spiro atoms. The number of fused-ring (bicyclic) bond motifs is 1. The van der Waals surface area contributed by atoms with E-state index in [1.165, 1.54) is 25.5 Å². The largest absolute Gasteiger partial charge is 0.469 e. The number of hydrogen-bond donors (Lipinski definition) is 0. The van der Waals surface area contributed by atoms with E-state index in [-0.39, 0.29) is 17.3 Å². The number of rotatable bonds is 2. The molecular weight excluding hydrogens is 248 g/mol. The fourth-order valence-corrected chi connectivity index (χ4v) is 5.33. The average Bonchev–Trinajstić information content (AvgIpc) is 2.37. The fraction of sp³-hybridized carbons (Fsp3) is 0.833. The summed E-state index contributed by atoms with van der Waals surface area (Å²) < 4.78 is 5.12. The van der Waals surface area contributed by atoms with Crippen LogP contribution in [0.4, 0.5) is 0 Å². The highest BCUT2D eigenvalue weighted by atomic mass is 16.5. The van der Waals surface area contributed by atoms with Crippen molar-refractivity contribution in [2.75, 3.05) is 7.11 Å². The van der Waals surface area contributed by atoms with Crippen molar-refractivity contribution in [3.63, 3.8) is 0 Å². The van der Waals surface area contributed by atoms with Gasteiger partial charge < -0.3 is 4.74 Å². The van der Waals surface area contributed by atoms with Crippen molar-refractivity contribution in [2.45, 2.75) is 60.3 Å². The molecule has 2 heteroatoms. The molecule has 0 aromatic carbocycles. The van der Waals surface area contributed by atoms with Crippen molar-refractivity contribution in [3.05, 3.63) is 11.6 Å². The van der Waals surface area contributed by atoms with Gasteiger partial charge in [0, 0.05) is 0 Å². The van der Waals surface area contributed by atoms with Gasteiger partial charge in [0.25, 0.3) is 0 Å². The van der Waals surface area contributed by atoms with Crippen molar-refractivity contribution >= 4 is 5.97 Å². The van der Waals surface area contributed by atoms with Crippen LogP contribution in [0, 0.1) is 28.6 Å². The second-order valence-corrected chi connectivity index (χ2v) is 7.66. The number of allylic oxidation sites excluding steroid dienone is 1. The SMILES string of the molecule is CCC1CCC2(C)C(C(=O)OC)C(C)=CCC2C1(C)C. The summed E-state index contributed by atoms with van der Waals surface area (Å²) in [6.07, 6.45) is 7.01. The first-order valence-electron chi connectivity index (χ1n) is 8.03. The minimum Gasteiger partial charge on any atom is -0.469 e. The quantitative estimate of drug-likeness (QED) is 0.545. The van der Waals surface area contributed by atoms with Crippen LogP contribution in [0.25, 0.3) is 0 Å². The lowest BCUT2D eigenvalue weighted by atomic mass is 9.46. The Morgan fingerprint density at radius 3 is 2.60 bits per heavy atom. The van der Waals surface area contributed by atoms with E-state index in [0.29, 0.717) is 11.3 Å². The third-order valence-corrected chi connectivity index (χ3v) is 6.50. The Bertz CT molecular complexity index is 421. The summed E-state index contributed by atoms with van der Waals surface area (Å²) in [6, 6.07) is 0. The summed E-state index contributed by atoms with van der Waals surface area (Å²) in [5, 5.41) is 0. The summed E-state index contributed by atoms with van der Waals surface area (Å²) in [5.74, 6) is 1.24. The molecule has 0 heterocycles. The molecule has 2 aliphatic carbocycles. The Labute approximate surface area is 124 Å². The van der Waals surface area contributed by atoms with Crippen molar-refractivity contribution in [3.8, 4) is 0 Å². The van der Waals surface area contributed by atoms with Gasteiger partial charge in [0.05, 0.1) is 13.0 Å². The molecule has 0 bridgehead atoms. The smallest absolute Gasteiger partial charge is 0.313 e. The summed E-state index contributed by atoms with van der Waals surface area (Å²) in [7, 11) is 1.52. The third-order valence-electron chi connectivity index (χ3n) is 6.50. The molecule has 1 fully saturated rings. The zero-order valence-corrected chi connectivity index (χ0v) is 14.0. The standard InChI is InChI=1S/C18H30O2/c1-7-13-10-11-18(5)14(17(13,3)4)9-8-12(2)15(18)16(19)20-6/h8,13-15H,7,9-11H2,1-6H3. The minimum absolute atomic E-state index is 0.0447. The second kappa shape index (κ2) is 5.20. The molecule has 0 aromatic rings. The monoisotopic (exact) mass is 278 g/mol. The van der Waals surface area contributed by atoms with Crippen LogP contribution in [0.3, 0.4) is 0 Å². The molecule has 0 saturated heterocycles. The van der Waals surface area contributed by atoms with Crippen LogP contribution in [0.2, 0.25) is 0 Å². The van der Waals surface area contributed by atoms with E-state index >= 15 is 0 Å². The predicted molar refractivity (Wildman–Crippen MR) is 82.3 cm³/mol. The molecule has 0 aliphatic heterocycles. The number of esters is 1. The topological polar surface area (TPSA) is 26.3 Å². The van der Waals surface area contributed by atoms with Crippen LogP contribution in [-0.2, 0) is 9.53 Å². The predicted octanol–water partition coefficient (Wildman–Crippen LogP) is 4.59. The van der Waals surface area contributed by atoms with Gasteiger partial charge in [0.15, 0.2) is 0 Å². The zero-order valence-electron chi connectivity index (χ0n) is 14.0. The van der Waals surface area contributed by atoms with Gasteiger partial charge in [-0.15, -0.1) is 0 Å². The first kappa shape index (κ1) is 15.6. The molecule has 0 N–H and O–H groups in total. The molecule has 0 radical (unpaired) electrons. The van der Waals surface area contributed by atoms with Gasteiger partial charge in [-0.1, -0.05) is 45.8 Å². The lowest BCUT2D eigenvalue weighted by Crippen LogP contribution is -2.53. The molecular formula is C18H30O2. The Kier molecular flexibility index (Phi) is 4.05. The van der Waals surface area contributed by atoms with Crippen LogP contribution >= 0.6 is 0 Å². The number of carbonyl (C=O) groups excluding carboxylic acids is 1. The van der Waals surface area contributed by atoms with E-state index in [9.17, 15) is 4.79 Å². The van der Waals surface area contributed by atoms with E-state index in [0.717, 1.165) is 18.8 Å². The minimum atomic E-state index is -0.0525. The van der Waals surface area contributed by atoms with E-state index in [1.807, 2.05) is 0 Å². The first-order valence-corrected chi connectivity index (χ1v) is 8.03. The van der Waals surface area contributed by atoms with Crippen molar-refractivity contribution in [1.82, 2.24) is 0 Å². The molecule has 2 aliphatic rings. The van der Waals surface area contributed by atoms with Crippen LogP contribution in [-0.4, -0.2) is 13.1 Å². The molecule has 0 amide bonds. The molecule has 4 atom stereocenters. The van der Waals surface area contributed by atoms with Crippen LogP contribution in [0.1, 0.15) is 60.3 Å². The fourth-order valence-electron chi connectivity index (χ4n) is 5.33. The van der Waals surface area contributed by atoms with E-state index in [1.54, 1.807) is 0 Å². The Morgan fingerprint density at radius 2 is 2.05 bits per heavy atom. The molecule has 2 nitrogen and oxygen atoms in total. The van der Waals surface area contributed by atoms with Gasteiger partial charge in [-0.05, 0) is 48.9 Å². The molecule has 0 aromatic heterocycles. The van der Waals surface area contributed by atoms with E-state index in [4.69, 9.17) is 4.74 Å². The number of carbonyl (C=O) groups is 1. The number of methoxy groups -OCH3 is 1. The van der Waals surface area contributed by atoms with E-state index < -0.39 is 0 Å². The highest BCUT2D eigenvalue weighted by Gasteiger charge is 2.56. The molecule has 114 valence electrons. The van der Waals surface area contributed by atoms with Crippen molar-refractivity contribution in [2.24, 2.45) is 28.6 Å². The highest BCUT2D eigenvalue weighted by Crippen LogP contribution is 2.62. The second-order valence-electron chi connectivity index (χ2n) is 7.66. The maximum Gasteiger partial charge on any atom is 0.313 e. The van der Waals surface area contributed by atoms with Gasteiger partial charge in [-0.2, -0.15) is 0 Å². The zero-order chi connectivity index (χ0) is 15.1. The lowest BCUT2D eigenvalue weighted by Gasteiger charge is -2.58. The number of hydrogen-bond acceptors (Lipinski definition) is 2.